The Balaban J connectivity index is 1.98. The van der Waals surface area contributed by atoms with Crippen LogP contribution >= 0.6 is 11.3 Å². The Morgan fingerprint density at radius 3 is 2.95 bits per heavy atom. The number of urea groups is 1. The number of para-hydroxylation sites is 1. The molecule has 2 rings (SSSR count). The lowest BCUT2D eigenvalue weighted by molar-refractivity contribution is 0.167. The van der Waals surface area contributed by atoms with E-state index in [1.165, 1.54) is 11.3 Å². The summed E-state index contributed by atoms with van der Waals surface area (Å²) in [6.45, 7) is 2.22. The standard InChI is InChI=1S/C13H17N3O2S/c1-9(17)7-8-16(2)13(18)15-12-14-10-5-3-4-6-11(10)19-12/h3-6,9,17H,7-8H2,1-2H3,(H,14,15,18). The monoisotopic (exact) mass is 279 g/mol. The zero-order valence-electron chi connectivity index (χ0n) is 11.0. The van der Waals surface area contributed by atoms with E-state index in [2.05, 4.69) is 10.3 Å². The largest absolute Gasteiger partial charge is 0.393 e. The molecule has 102 valence electrons. The van der Waals surface area contributed by atoms with E-state index in [1.54, 1.807) is 18.9 Å². The Labute approximate surface area is 115 Å². The topological polar surface area (TPSA) is 65.5 Å². The van der Waals surface area contributed by atoms with Gasteiger partial charge in [0.2, 0.25) is 0 Å². The van der Waals surface area contributed by atoms with Crippen LogP contribution in [0.15, 0.2) is 24.3 Å². The minimum atomic E-state index is -0.405. The fourth-order valence-corrected chi connectivity index (χ4v) is 2.45. The van der Waals surface area contributed by atoms with Crippen LogP contribution in [0.2, 0.25) is 0 Å². The van der Waals surface area contributed by atoms with Gasteiger partial charge in [0.05, 0.1) is 16.3 Å². The molecule has 0 fully saturated rings. The van der Waals surface area contributed by atoms with Gasteiger partial charge in [0.15, 0.2) is 5.13 Å². The number of anilines is 1. The van der Waals surface area contributed by atoms with E-state index >= 15 is 0 Å². The molecule has 2 aromatic rings. The summed E-state index contributed by atoms with van der Waals surface area (Å²) in [6, 6.07) is 7.54. The molecule has 1 unspecified atom stereocenters. The van der Waals surface area contributed by atoms with E-state index in [9.17, 15) is 9.90 Å². The van der Waals surface area contributed by atoms with E-state index in [-0.39, 0.29) is 6.03 Å². The van der Waals surface area contributed by atoms with Gasteiger partial charge in [-0.3, -0.25) is 5.32 Å². The number of aliphatic hydroxyl groups is 1. The summed E-state index contributed by atoms with van der Waals surface area (Å²) < 4.78 is 1.05. The quantitative estimate of drug-likeness (QED) is 0.904. The number of thiazole rings is 1. The number of nitrogens with zero attached hydrogens (tertiary/aromatic N) is 2. The molecule has 0 saturated carbocycles. The number of carbonyl (C=O) groups is 1. The summed E-state index contributed by atoms with van der Waals surface area (Å²) in [5.74, 6) is 0. The number of fused-ring (bicyclic) bond motifs is 1. The van der Waals surface area contributed by atoms with E-state index < -0.39 is 6.10 Å². The highest BCUT2D eigenvalue weighted by molar-refractivity contribution is 7.22. The summed E-state index contributed by atoms with van der Waals surface area (Å²) >= 11 is 1.45. The molecule has 0 spiro atoms. The van der Waals surface area contributed by atoms with Crippen LogP contribution in [0.5, 0.6) is 0 Å². The highest BCUT2D eigenvalue weighted by Gasteiger charge is 2.12. The first-order valence-corrected chi connectivity index (χ1v) is 6.93. The summed E-state index contributed by atoms with van der Waals surface area (Å²) in [7, 11) is 1.70. The van der Waals surface area contributed by atoms with E-state index in [0.717, 1.165) is 10.2 Å². The van der Waals surface area contributed by atoms with Gasteiger partial charge in [-0.25, -0.2) is 9.78 Å². The molecule has 5 nitrogen and oxygen atoms in total. The van der Waals surface area contributed by atoms with Gasteiger partial charge in [0.1, 0.15) is 0 Å². The van der Waals surface area contributed by atoms with E-state index in [4.69, 9.17) is 0 Å². The van der Waals surface area contributed by atoms with Gasteiger partial charge < -0.3 is 10.0 Å². The molecular weight excluding hydrogens is 262 g/mol. The van der Waals surface area contributed by atoms with Gasteiger partial charge in [-0.2, -0.15) is 0 Å². The molecule has 0 aliphatic rings. The lowest BCUT2D eigenvalue weighted by Gasteiger charge is -2.17. The third-order valence-electron chi connectivity index (χ3n) is 2.74. The summed E-state index contributed by atoms with van der Waals surface area (Å²) in [5.41, 5.74) is 0.884. The minimum absolute atomic E-state index is 0.209. The molecule has 1 aromatic carbocycles. The third kappa shape index (κ3) is 3.65. The number of benzene rings is 1. The normalized spacial score (nSPS) is 12.4. The molecule has 1 heterocycles. The van der Waals surface area contributed by atoms with Crippen molar-refractivity contribution in [2.24, 2.45) is 0 Å². The van der Waals surface area contributed by atoms with Crippen molar-refractivity contribution in [1.29, 1.82) is 0 Å². The van der Waals surface area contributed by atoms with Crippen molar-refractivity contribution in [3.05, 3.63) is 24.3 Å². The van der Waals surface area contributed by atoms with Crippen LogP contribution in [0.1, 0.15) is 13.3 Å². The number of aliphatic hydroxyl groups excluding tert-OH is 1. The second-order valence-corrected chi connectivity index (χ2v) is 5.51. The summed E-state index contributed by atoms with van der Waals surface area (Å²) in [4.78, 5) is 17.8. The molecule has 2 N–H and O–H groups in total. The van der Waals surface area contributed by atoms with Gasteiger partial charge in [-0.05, 0) is 25.5 Å². The average molecular weight is 279 g/mol. The third-order valence-corrected chi connectivity index (χ3v) is 3.69. The van der Waals surface area contributed by atoms with Gasteiger partial charge in [0, 0.05) is 13.6 Å². The number of hydrogen-bond donors (Lipinski definition) is 2. The number of carbonyl (C=O) groups excluding carboxylic acids is 1. The van der Waals surface area contributed by atoms with Crippen molar-refractivity contribution in [3.8, 4) is 0 Å². The first-order valence-electron chi connectivity index (χ1n) is 6.12. The Bertz CT molecular complexity index is 535. The van der Waals surface area contributed by atoms with E-state index in [1.807, 2.05) is 24.3 Å². The first kappa shape index (κ1) is 13.8. The molecule has 0 saturated heterocycles. The van der Waals surface area contributed by atoms with Gasteiger partial charge >= 0.3 is 6.03 Å². The highest BCUT2D eigenvalue weighted by Crippen LogP contribution is 2.25. The molecule has 0 aliphatic carbocycles. The zero-order valence-corrected chi connectivity index (χ0v) is 11.8. The second kappa shape index (κ2) is 5.99. The Hall–Kier alpha value is -1.66. The number of rotatable bonds is 4. The fourth-order valence-electron chi connectivity index (χ4n) is 1.59. The Morgan fingerprint density at radius 1 is 1.53 bits per heavy atom. The average Bonchev–Trinajstić information content (AvgIpc) is 2.77. The molecule has 2 amide bonds. The molecule has 0 bridgehead atoms. The van der Waals surface area contributed by atoms with Crippen LogP contribution in [-0.4, -0.2) is 40.7 Å². The number of hydrogen-bond acceptors (Lipinski definition) is 4. The minimum Gasteiger partial charge on any atom is -0.393 e. The maximum Gasteiger partial charge on any atom is 0.323 e. The van der Waals surface area contributed by atoms with Gasteiger partial charge in [-0.1, -0.05) is 23.5 Å². The molecule has 0 radical (unpaired) electrons. The zero-order chi connectivity index (χ0) is 13.8. The van der Waals surface area contributed by atoms with E-state index in [0.29, 0.717) is 18.1 Å². The smallest absolute Gasteiger partial charge is 0.323 e. The van der Waals surface area contributed by atoms with Crippen LogP contribution in [-0.2, 0) is 0 Å². The summed E-state index contributed by atoms with van der Waals surface area (Å²) in [6.07, 6.45) is 0.154. The molecule has 1 atom stereocenters. The lowest BCUT2D eigenvalue weighted by atomic mass is 10.3. The molecule has 1 aromatic heterocycles. The second-order valence-electron chi connectivity index (χ2n) is 4.48. The number of nitrogens with one attached hydrogen (secondary N) is 1. The van der Waals surface area contributed by atoms with Gasteiger partial charge in [0.25, 0.3) is 0 Å². The number of amides is 2. The van der Waals surface area contributed by atoms with Crippen molar-refractivity contribution < 1.29 is 9.90 Å². The van der Waals surface area contributed by atoms with Crippen LogP contribution in [0, 0.1) is 0 Å². The Kier molecular flexibility index (Phi) is 4.34. The first-order chi connectivity index (χ1) is 9.06. The number of aromatic nitrogens is 1. The van der Waals surface area contributed by atoms with Crippen LogP contribution in [0.25, 0.3) is 10.2 Å². The SMILES string of the molecule is CC(O)CCN(C)C(=O)Nc1nc2ccccc2s1. The van der Waals surface area contributed by atoms with Crippen LogP contribution < -0.4 is 5.32 Å². The predicted molar refractivity (Wildman–Crippen MR) is 77.6 cm³/mol. The van der Waals surface area contributed by atoms with Crippen LogP contribution in [0.4, 0.5) is 9.93 Å². The van der Waals surface area contributed by atoms with Crippen molar-refractivity contribution in [2.45, 2.75) is 19.4 Å². The molecule has 6 heteroatoms. The summed E-state index contributed by atoms with van der Waals surface area (Å²) in [5, 5.41) is 12.6. The molecular formula is C13H17N3O2S. The predicted octanol–water partition coefficient (Wildman–Crippen LogP) is 2.53. The van der Waals surface area contributed by atoms with Crippen molar-refractivity contribution in [1.82, 2.24) is 9.88 Å². The van der Waals surface area contributed by atoms with Crippen molar-refractivity contribution >= 4 is 32.7 Å². The lowest BCUT2D eigenvalue weighted by Crippen LogP contribution is -2.33. The Morgan fingerprint density at radius 2 is 2.26 bits per heavy atom. The highest BCUT2D eigenvalue weighted by atomic mass is 32.1. The van der Waals surface area contributed by atoms with Gasteiger partial charge in [-0.15, -0.1) is 0 Å². The molecule has 19 heavy (non-hydrogen) atoms. The van der Waals surface area contributed by atoms with Crippen molar-refractivity contribution in [2.75, 3.05) is 18.9 Å². The maximum atomic E-state index is 11.9. The maximum absolute atomic E-state index is 11.9. The molecule has 0 aliphatic heterocycles. The van der Waals surface area contributed by atoms with Crippen LogP contribution in [0.3, 0.4) is 0 Å². The van der Waals surface area contributed by atoms with Crippen molar-refractivity contribution in [3.63, 3.8) is 0 Å². The fraction of sp³-hybridized carbons (Fsp3) is 0.385.